The summed E-state index contributed by atoms with van der Waals surface area (Å²) in [6.45, 7) is 7.90. The molecule has 2 heterocycles. The molecule has 0 saturated heterocycles. The number of carbonyl (C=O) groups excluding carboxylic acids is 2. The lowest BCUT2D eigenvalue weighted by Gasteiger charge is -2.06. The van der Waals surface area contributed by atoms with E-state index in [2.05, 4.69) is 22.2 Å². The van der Waals surface area contributed by atoms with Gasteiger partial charge in [0.2, 0.25) is 5.82 Å². The Hall–Kier alpha value is -3.41. The molecule has 0 spiro atoms. The summed E-state index contributed by atoms with van der Waals surface area (Å²) in [4.78, 5) is 29.3. The van der Waals surface area contributed by atoms with Crippen molar-refractivity contribution in [2.75, 3.05) is 11.9 Å². The molecule has 0 aliphatic heterocycles. The third-order valence-corrected chi connectivity index (χ3v) is 4.14. The highest BCUT2D eigenvalue weighted by Crippen LogP contribution is 2.18. The number of benzene rings is 1. The van der Waals surface area contributed by atoms with E-state index in [9.17, 15) is 9.59 Å². The van der Waals surface area contributed by atoms with Crippen LogP contribution >= 0.6 is 0 Å². The number of fused-ring (bicyclic) bond motifs is 1. The lowest BCUT2D eigenvalue weighted by atomic mass is 10.1. The number of imidazole rings is 1. The number of nitrogens with zero attached hydrogens (tertiary/aromatic N) is 2. The highest BCUT2D eigenvalue weighted by Gasteiger charge is 2.21. The standard InChI is InChI=1S/C20H20N4O2/c1-4-10-21-20(26)18-23-17(16-7-5-6-11-24(16)18)19(25)22-15-9-8-13(2)14(3)12-15/h4-9,11-12H,1,10H2,2-3H3,(H,21,26)(H,22,25). The van der Waals surface area contributed by atoms with Gasteiger partial charge in [-0.15, -0.1) is 6.58 Å². The molecule has 2 N–H and O–H groups in total. The molecule has 6 nitrogen and oxygen atoms in total. The minimum absolute atomic E-state index is 0.160. The minimum Gasteiger partial charge on any atom is -0.346 e. The van der Waals surface area contributed by atoms with Crippen LogP contribution in [0.15, 0.2) is 55.3 Å². The van der Waals surface area contributed by atoms with Gasteiger partial charge in [0, 0.05) is 18.4 Å². The zero-order valence-electron chi connectivity index (χ0n) is 14.7. The van der Waals surface area contributed by atoms with Gasteiger partial charge in [0.1, 0.15) is 0 Å². The zero-order chi connectivity index (χ0) is 18.7. The van der Waals surface area contributed by atoms with E-state index in [0.29, 0.717) is 17.7 Å². The van der Waals surface area contributed by atoms with Crippen molar-refractivity contribution in [1.82, 2.24) is 14.7 Å². The normalized spacial score (nSPS) is 10.5. The van der Waals surface area contributed by atoms with E-state index in [1.54, 1.807) is 34.9 Å². The highest BCUT2D eigenvalue weighted by atomic mass is 16.2. The molecule has 2 aromatic heterocycles. The molecule has 3 aromatic rings. The molecule has 0 saturated carbocycles. The first kappa shape index (κ1) is 17.4. The summed E-state index contributed by atoms with van der Waals surface area (Å²) in [5.41, 5.74) is 3.69. The average molecular weight is 348 g/mol. The van der Waals surface area contributed by atoms with Crippen molar-refractivity contribution in [3.8, 4) is 0 Å². The van der Waals surface area contributed by atoms with Crippen LogP contribution in [-0.2, 0) is 0 Å². The summed E-state index contributed by atoms with van der Waals surface area (Å²) in [5, 5.41) is 5.54. The van der Waals surface area contributed by atoms with Gasteiger partial charge in [0.05, 0.1) is 5.52 Å². The number of hydrogen-bond donors (Lipinski definition) is 2. The van der Waals surface area contributed by atoms with Gasteiger partial charge in [0.25, 0.3) is 11.8 Å². The Balaban J connectivity index is 1.96. The molecule has 1 aromatic carbocycles. The van der Waals surface area contributed by atoms with Crippen LogP contribution in [0, 0.1) is 13.8 Å². The van der Waals surface area contributed by atoms with E-state index in [4.69, 9.17) is 0 Å². The number of rotatable bonds is 5. The lowest BCUT2D eigenvalue weighted by Crippen LogP contribution is -2.25. The molecule has 0 fully saturated rings. The fraction of sp³-hybridized carbons (Fsp3) is 0.150. The van der Waals surface area contributed by atoms with Crippen LogP contribution in [0.4, 0.5) is 5.69 Å². The molecule has 6 heteroatoms. The third-order valence-electron chi connectivity index (χ3n) is 4.14. The highest BCUT2D eigenvalue weighted by molar-refractivity contribution is 6.09. The van der Waals surface area contributed by atoms with Crippen LogP contribution in [0.25, 0.3) is 5.52 Å². The van der Waals surface area contributed by atoms with Crippen molar-refractivity contribution >= 4 is 23.0 Å². The van der Waals surface area contributed by atoms with Crippen molar-refractivity contribution in [3.05, 3.63) is 77.9 Å². The van der Waals surface area contributed by atoms with Gasteiger partial charge in [-0.25, -0.2) is 4.98 Å². The van der Waals surface area contributed by atoms with E-state index in [-0.39, 0.29) is 23.3 Å². The summed E-state index contributed by atoms with van der Waals surface area (Å²) in [7, 11) is 0. The van der Waals surface area contributed by atoms with Gasteiger partial charge in [-0.3, -0.25) is 14.0 Å². The van der Waals surface area contributed by atoms with E-state index in [1.165, 1.54) is 0 Å². The largest absolute Gasteiger partial charge is 0.346 e. The second kappa shape index (κ2) is 7.23. The number of aromatic nitrogens is 2. The Labute approximate surface area is 151 Å². The maximum absolute atomic E-state index is 12.7. The van der Waals surface area contributed by atoms with Crippen LogP contribution in [0.3, 0.4) is 0 Å². The minimum atomic E-state index is -0.365. The van der Waals surface area contributed by atoms with E-state index < -0.39 is 0 Å². The topological polar surface area (TPSA) is 75.5 Å². The van der Waals surface area contributed by atoms with Gasteiger partial charge in [-0.2, -0.15) is 0 Å². The summed E-state index contributed by atoms with van der Waals surface area (Å²) < 4.78 is 1.60. The van der Waals surface area contributed by atoms with Crippen LogP contribution in [0.2, 0.25) is 0 Å². The molecule has 132 valence electrons. The second-order valence-corrected chi connectivity index (χ2v) is 5.99. The SMILES string of the molecule is C=CCNC(=O)c1nc(C(=O)Nc2ccc(C)c(C)c2)c2ccccn12. The molecular weight excluding hydrogens is 328 g/mol. The molecule has 2 amide bonds. The van der Waals surface area contributed by atoms with Gasteiger partial charge in [-0.1, -0.05) is 18.2 Å². The number of hydrogen-bond acceptors (Lipinski definition) is 3. The van der Waals surface area contributed by atoms with Crippen LogP contribution in [0.1, 0.15) is 32.2 Å². The number of carbonyl (C=O) groups is 2. The Morgan fingerprint density at radius 2 is 1.96 bits per heavy atom. The molecule has 0 bridgehead atoms. The number of pyridine rings is 1. The summed E-state index contributed by atoms with van der Waals surface area (Å²) >= 11 is 0. The molecule has 0 radical (unpaired) electrons. The van der Waals surface area contributed by atoms with Crippen LogP contribution < -0.4 is 10.6 Å². The number of aryl methyl sites for hydroxylation is 2. The average Bonchev–Trinajstić information content (AvgIpc) is 3.03. The van der Waals surface area contributed by atoms with E-state index >= 15 is 0 Å². The Morgan fingerprint density at radius 3 is 2.69 bits per heavy atom. The first-order valence-corrected chi connectivity index (χ1v) is 8.26. The number of amides is 2. The zero-order valence-corrected chi connectivity index (χ0v) is 14.7. The van der Waals surface area contributed by atoms with E-state index in [1.807, 2.05) is 32.0 Å². The smallest absolute Gasteiger partial charge is 0.287 e. The molecular formula is C20H20N4O2. The molecule has 26 heavy (non-hydrogen) atoms. The first-order valence-electron chi connectivity index (χ1n) is 8.26. The van der Waals surface area contributed by atoms with Crippen molar-refractivity contribution in [2.45, 2.75) is 13.8 Å². The number of nitrogens with one attached hydrogen (secondary N) is 2. The number of anilines is 1. The van der Waals surface area contributed by atoms with Gasteiger partial charge >= 0.3 is 0 Å². The van der Waals surface area contributed by atoms with Gasteiger partial charge in [0.15, 0.2) is 5.69 Å². The van der Waals surface area contributed by atoms with Gasteiger partial charge in [-0.05, 0) is 49.2 Å². The first-order chi connectivity index (χ1) is 12.5. The van der Waals surface area contributed by atoms with Crippen molar-refractivity contribution in [3.63, 3.8) is 0 Å². The van der Waals surface area contributed by atoms with Crippen molar-refractivity contribution in [1.29, 1.82) is 0 Å². The quantitative estimate of drug-likeness (QED) is 0.696. The predicted molar refractivity (Wildman–Crippen MR) is 102 cm³/mol. The molecule has 0 atom stereocenters. The molecule has 0 aliphatic rings. The summed E-state index contributed by atoms with van der Waals surface area (Å²) in [6.07, 6.45) is 3.29. The lowest BCUT2D eigenvalue weighted by molar-refractivity contribution is 0.0947. The third kappa shape index (κ3) is 3.35. The summed E-state index contributed by atoms with van der Waals surface area (Å²) in [6, 6.07) is 11.0. The monoisotopic (exact) mass is 348 g/mol. The van der Waals surface area contributed by atoms with Gasteiger partial charge < -0.3 is 10.6 Å². The van der Waals surface area contributed by atoms with E-state index in [0.717, 1.165) is 11.1 Å². The molecule has 0 unspecified atom stereocenters. The maximum atomic E-state index is 12.7. The van der Waals surface area contributed by atoms with Crippen LogP contribution in [0.5, 0.6) is 0 Å². The Kier molecular flexibility index (Phi) is 4.84. The predicted octanol–water partition coefficient (Wildman–Crippen LogP) is 3.12. The summed E-state index contributed by atoms with van der Waals surface area (Å²) in [5.74, 6) is -0.566. The van der Waals surface area contributed by atoms with Crippen molar-refractivity contribution < 1.29 is 9.59 Å². The fourth-order valence-corrected chi connectivity index (χ4v) is 2.62. The van der Waals surface area contributed by atoms with Crippen molar-refractivity contribution in [2.24, 2.45) is 0 Å². The second-order valence-electron chi connectivity index (χ2n) is 5.99. The maximum Gasteiger partial charge on any atom is 0.287 e. The Morgan fingerprint density at radius 1 is 1.15 bits per heavy atom. The molecule has 0 aliphatic carbocycles. The Bertz CT molecular complexity index is 1000. The van der Waals surface area contributed by atoms with Crippen LogP contribution in [-0.4, -0.2) is 27.7 Å². The molecule has 3 rings (SSSR count). The fourth-order valence-electron chi connectivity index (χ4n) is 2.62.